The first-order valence-electron chi connectivity index (χ1n) is 6.24. The molecule has 4 nitrogen and oxygen atoms in total. The summed E-state index contributed by atoms with van der Waals surface area (Å²) in [7, 11) is 0. The van der Waals surface area contributed by atoms with Gasteiger partial charge in [0.25, 0.3) is 0 Å². The molecule has 1 saturated carbocycles. The topological polar surface area (TPSA) is 59.2 Å². The molecule has 1 aliphatic carbocycles. The minimum absolute atomic E-state index is 0.147. The van der Waals surface area contributed by atoms with E-state index in [9.17, 15) is 9.18 Å². The zero-order valence-corrected chi connectivity index (χ0v) is 12.4. The predicted octanol–water partition coefficient (Wildman–Crippen LogP) is 2.13. The molecule has 0 bridgehead atoms. The van der Waals surface area contributed by atoms with E-state index in [0.29, 0.717) is 5.82 Å². The number of aryl methyl sites for hydroxylation is 1. The smallest absolute Gasteiger partial charge is 0.240 e. The van der Waals surface area contributed by atoms with Crippen LogP contribution >= 0.6 is 15.9 Å². The van der Waals surface area contributed by atoms with E-state index in [1.54, 1.807) is 6.92 Å². The number of anilines is 1. The molecule has 3 unspecified atom stereocenters. The number of rotatable bonds is 2. The number of hydrogen-bond acceptors (Lipinski definition) is 3. The van der Waals surface area contributed by atoms with Crippen LogP contribution in [0.3, 0.4) is 0 Å². The van der Waals surface area contributed by atoms with Gasteiger partial charge in [-0.3, -0.25) is 4.79 Å². The number of hydrogen-bond donors (Lipinski definition) is 1. The monoisotopic (exact) mass is 327 g/mol. The van der Waals surface area contributed by atoms with Crippen molar-refractivity contribution in [2.45, 2.75) is 38.8 Å². The molecule has 2 aliphatic rings. The third-order valence-electron chi connectivity index (χ3n) is 4.31. The second-order valence-corrected chi connectivity index (χ2v) is 6.56. The largest absolute Gasteiger partial charge is 0.368 e. The molecule has 6 heteroatoms. The van der Waals surface area contributed by atoms with Crippen molar-refractivity contribution in [1.82, 2.24) is 4.98 Å². The van der Waals surface area contributed by atoms with Crippen LogP contribution in [0.4, 0.5) is 10.2 Å². The zero-order chi connectivity index (χ0) is 13.9. The fourth-order valence-corrected chi connectivity index (χ4v) is 3.42. The van der Waals surface area contributed by atoms with E-state index < -0.39 is 5.82 Å². The Bertz CT molecular complexity index is 579. The highest BCUT2D eigenvalue weighted by Crippen LogP contribution is 2.60. The maximum absolute atomic E-state index is 13.5. The molecule has 3 atom stereocenters. The number of amides is 1. The van der Waals surface area contributed by atoms with Crippen molar-refractivity contribution >= 4 is 27.7 Å². The average Bonchev–Trinajstić information content (AvgIpc) is 2.88. The Morgan fingerprint density at radius 1 is 1.63 bits per heavy atom. The van der Waals surface area contributed by atoms with Gasteiger partial charge in [0.15, 0.2) is 5.82 Å². The molecule has 19 heavy (non-hydrogen) atoms. The molecule has 1 aliphatic heterocycles. The van der Waals surface area contributed by atoms with E-state index in [4.69, 9.17) is 5.73 Å². The van der Waals surface area contributed by atoms with Gasteiger partial charge in [-0.15, -0.1) is 0 Å². The van der Waals surface area contributed by atoms with E-state index in [1.807, 2.05) is 4.90 Å². The summed E-state index contributed by atoms with van der Waals surface area (Å²) in [4.78, 5) is 17.9. The standard InChI is InChI=1S/C13H15BrFN3O/c1-6-3-7(15)10(14)17-12(6)18-8(11(16)19)4-13(2)5-9(13)18/h3,8-9H,4-5H2,1-2H3,(H2,16,19). The van der Waals surface area contributed by atoms with Crippen LogP contribution < -0.4 is 10.6 Å². The molecule has 0 aromatic carbocycles. The summed E-state index contributed by atoms with van der Waals surface area (Å²) >= 11 is 3.10. The van der Waals surface area contributed by atoms with E-state index in [1.165, 1.54) is 6.07 Å². The molecule has 0 spiro atoms. The van der Waals surface area contributed by atoms with Gasteiger partial charge >= 0.3 is 0 Å². The Labute approximate surface area is 119 Å². The molecule has 2 N–H and O–H groups in total. The highest BCUT2D eigenvalue weighted by Gasteiger charge is 2.63. The summed E-state index contributed by atoms with van der Waals surface area (Å²) in [5.74, 6) is -0.0759. The van der Waals surface area contributed by atoms with Gasteiger partial charge in [-0.1, -0.05) is 6.92 Å². The maximum Gasteiger partial charge on any atom is 0.240 e. The summed E-state index contributed by atoms with van der Waals surface area (Å²) in [6, 6.07) is 1.38. The van der Waals surface area contributed by atoms with E-state index >= 15 is 0 Å². The molecule has 1 saturated heterocycles. The number of piperidine rings is 1. The number of pyridine rings is 1. The van der Waals surface area contributed by atoms with Gasteiger partial charge in [-0.25, -0.2) is 9.37 Å². The first-order chi connectivity index (χ1) is 8.83. The van der Waals surface area contributed by atoms with Gasteiger partial charge in [0.2, 0.25) is 5.91 Å². The second-order valence-electron chi connectivity index (χ2n) is 5.81. The molecule has 1 aromatic rings. The van der Waals surface area contributed by atoms with E-state index in [-0.39, 0.29) is 28.0 Å². The first kappa shape index (κ1) is 12.8. The van der Waals surface area contributed by atoms with Crippen molar-refractivity contribution < 1.29 is 9.18 Å². The molecule has 3 rings (SSSR count). The van der Waals surface area contributed by atoms with Gasteiger partial charge in [0.1, 0.15) is 16.5 Å². The SMILES string of the molecule is Cc1cc(F)c(Br)nc1N1C(C(N)=O)CC2(C)CC12. The van der Waals surface area contributed by atoms with Crippen molar-refractivity contribution in [2.75, 3.05) is 4.90 Å². The number of carbonyl (C=O) groups excluding carboxylic acids is 1. The van der Waals surface area contributed by atoms with E-state index in [0.717, 1.165) is 18.4 Å². The lowest BCUT2D eigenvalue weighted by Gasteiger charge is -2.27. The average molecular weight is 328 g/mol. The molecule has 102 valence electrons. The Morgan fingerprint density at radius 2 is 2.32 bits per heavy atom. The van der Waals surface area contributed by atoms with Gasteiger partial charge in [0.05, 0.1) is 0 Å². The Morgan fingerprint density at radius 3 is 2.95 bits per heavy atom. The Hall–Kier alpha value is -1.17. The van der Waals surface area contributed by atoms with Gasteiger partial charge < -0.3 is 10.6 Å². The fraction of sp³-hybridized carbons (Fsp3) is 0.538. The van der Waals surface area contributed by atoms with Crippen LogP contribution in [0.1, 0.15) is 25.3 Å². The maximum atomic E-state index is 13.5. The first-order valence-corrected chi connectivity index (χ1v) is 7.03. The van der Waals surface area contributed by atoms with Crippen LogP contribution in [-0.2, 0) is 4.79 Å². The van der Waals surface area contributed by atoms with Crippen LogP contribution in [0.5, 0.6) is 0 Å². The van der Waals surface area contributed by atoms with Gasteiger partial charge in [0, 0.05) is 6.04 Å². The Kier molecular flexibility index (Phi) is 2.64. The molecule has 1 aromatic heterocycles. The lowest BCUT2D eigenvalue weighted by Crippen LogP contribution is -2.43. The predicted molar refractivity (Wildman–Crippen MR) is 73.2 cm³/mol. The second kappa shape index (κ2) is 3.91. The minimum atomic E-state index is -0.394. The van der Waals surface area contributed by atoms with Crippen molar-refractivity contribution in [3.05, 3.63) is 22.1 Å². The highest BCUT2D eigenvalue weighted by molar-refractivity contribution is 9.10. The third-order valence-corrected chi connectivity index (χ3v) is 4.86. The number of nitrogens with two attached hydrogens (primary N) is 1. The van der Waals surface area contributed by atoms with Crippen LogP contribution in [0.25, 0.3) is 0 Å². The molecule has 2 fully saturated rings. The van der Waals surface area contributed by atoms with Crippen LogP contribution in [-0.4, -0.2) is 23.0 Å². The highest BCUT2D eigenvalue weighted by atomic mass is 79.9. The fourth-order valence-electron chi connectivity index (χ4n) is 3.14. The lowest BCUT2D eigenvalue weighted by atomic mass is 10.0. The number of fused-ring (bicyclic) bond motifs is 1. The molecular weight excluding hydrogens is 313 g/mol. The van der Waals surface area contributed by atoms with Crippen molar-refractivity contribution in [3.63, 3.8) is 0 Å². The normalized spacial score (nSPS) is 32.3. The summed E-state index contributed by atoms with van der Waals surface area (Å²) in [6.45, 7) is 3.95. The quantitative estimate of drug-likeness (QED) is 0.846. The van der Waals surface area contributed by atoms with Crippen molar-refractivity contribution in [3.8, 4) is 0 Å². The third kappa shape index (κ3) is 1.84. The van der Waals surface area contributed by atoms with Crippen molar-refractivity contribution in [1.29, 1.82) is 0 Å². The van der Waals surface area contributed by atoms with Crippen LogP contribution in [0.2, 0.25) is 0 Å². The van der Waals surface area contributed by atoms with E-state index in [2.05, 4.69) is 27.8 Å². The summed E-state index contributed by atoms with van der Waals surface area (Å²) < 4.78 is 13.6. The van der Waals surface area contributed by atoms with Crippen molar-refractivity contribution in [2.24, 2.45) is 11.1 Å². The number of carbonyl (C=O) groups is 1. The van der Waals surface area contributed by atoms with Crippen LogP contribution in [0, 0.1) is 18.2 Å². The molecule has 1 amide bonds. The van der Waals surface area contributed by atoms with Gasteiger partial charge in [-0.05, 0) is 52.7 Å². The number of aromatic nitrogens is 1. The molecular formula is C13H15BrFN3O. The minimum Gasteiger partial charge on any atom is -0.368 e. The molecule has 2 heterocycles. The zero-order valence-electron chi connectivity index (χ0n) is 10.8. The Balaban J connectivity index is 2.05. The van der Waals surface area contributed by atoms with Gasteiger partial charge in [-0.2, -0.15) is 0 Å². The van der Waals surface area contributed by atoms with Crippen LogP contribution in [0.15, 0.2) is 10.7 Å². The summed E-state index contributed by atoms with van der Waals surface area (Å²) in [5, 5.41) is 0. The number of nitrogens with zero attached hydrogens (tertiary/aromatic N) is 2. The number of halogens is 2. The lowest BCUT2D eigenvalue weighted by molar-refractivity contribution is -0.119. The number of primary amides is 1. The summed E-state index contributed by atoms with van der Waals surface area (Å²) in [5.41, 5.74) is 6.36. The molecule has 0 radical (unpaired) electrons. The summed E-state index contributed by atoms with van der Waals surface area (Å²) in [6.07, 6.45) is 1.79.